The predicted octanol–water partition coefficient (Wildman–Crippen LogP) is 4.19. The normalized spacial score (nSPS) is 11.1. The summed E-state index contributed by atoms with van der Waals surface area (Å²) in [5.41, 5.74) is 3.65. The highest BCUT2D eigenvalue weighted by Gasteiger charge is 2.14. The molecule has 0 spiro atoms. The van der Waals surface area contributed by atoms with Crippen LogP contribution < -0.4 is 10.6 Å². The summed E-state index contributed by atoms with van der Waals surface area (Å²) >= 11 is 0. The number of carbonyl (C=O) groups is 1. The highest BCUT2D eigenvalue weighted by atomic mass is 16.5. The minimum Gasteiger partial charge on any atom is -0.506 e. The fourth-order valence-electron chi connectivity index (χ4n) is 3.41. The van der Waals surface area contributed by atoms with Gasteiger partial charge >= 0.3 is 0 Å². The fraction of sp³-hybridized carbons (Fsp3) is 0.269. The van der Waals surface area contributed by atoms with Crippen LogP contribution in [0.2, 0.25) is 0 Å². The van der Waals surface area contributed by atoms with Crippen LogP contribution in [-0.2, 0) is 16.0 Å². The number of phenols is 1. The van der Waals surface area contributed by atoms with Crippen LogP contribution in [0.4, 0.5) is 17.1 Å². The van der Waals surface area contributed by atoms with E-state index in [1.807, 2.05) is 36.2 Å². The molecule has 8 heteroatoms. The molecule has 2 aromatic carbocycles. The van der Waals surface area contributed by atoms with Crippen molar-refractivity contribution in [3.05, 3.63) is 65.9 Å². The number of phenolic OH excluding ortho intramolecular Hbond substituents is 1. The standard InChI is InChI=1S/C26H29N5O3/c1-4-18-7-5-8-20(13-18)29-26-19(16-27)17-28-22-15-24(32)23(14-21(22)26)30-25(33)9-6-10-31(2)11-12-34-3/h5-9,13-15,17,32H,4,10-12H2,1-3H3,(H,28,29)(H,30,33)/b9-6+. The van der Waals surface area contributed by atoms with Gasteiger partial charge in [0.15, 0.2) is 0 Å². The minimum atomic E-state index is -0.371. The molecule has 0 bridgehead atoms. The largest absolute Gasteiger partial charge is 0.506 e. The highest BCUT2D eigenvalue weighted by Crippen LogP contribution is 2.35. The molecule has 0 unspecified atom stereocenters. The number of anilines is 3. The number of benzene rings is 2. The first-order valence-corrected chi connectivity index (χ1v) is 11.0. The van der Waals surface area contributed by atoms with Crippen LogP contribution in [0.3, 0.4) is 0 Å². The van der Waals surface area contributed by atoms with Gasteiger partial charge in [-0.2, -0.15) is 5.26 Å². The summed E-state index contributed by atoms with van der Waals surface area (Å²) in [4.78, 5) is 18.7. The number of pyridine rings is 1. The number of nitriles is 1. The summed E-state index contributed by atoms with van der Waals surface area (Å²) in [5.74, 6) is -0.480. The van der Waals surface area contributed by atoms with Crippen molar-refractivity contribution in [2.75, 3.05) is 44.5 Å². The first-order chi connectivity index (χ1) is 16.4. The molecule has 1 amide bonds. The van der Waals surface area contributed by atoms with Gasteiger partial charge in [-0.1, -0.05) is 25.1 Å². The summed E-state index contributed by atoms with van der Waals surface area (Å²) < 4.78 is 5.04. The van der Waals surface area contributed by atoms with E-state index in [-0.39, 0.29) is 17.3 Å². The molecule has 0 aliphatic rings. The Kier molecular flexibility index (Phi) is 8.57. The number of aryl methyl sites for hydroxylation is 1. The van der Waals surface area contributed by atoms with Gasteiger partial charge in [-0.3, -0.25) is 9.78 Å². The lowest BCUT2D eigenvalue weighted by Crippen LogP contribution is -2.23. The Morgan fingerprint density at radius 3 is 2.88 bits per heavy atom. The number of methoxy groups -OCH3 is 1. The Hall–Kier alpha value is -3.93. The van der Waals surface area contributed by atoms with Crippen LogP contribution in [0.25, 0.3) is 10.9 Å². The summed E-state index contributed by atoms with van der Waals surface area (Å²) in [7, 11) is 3.58. The molecule has 0 atom stereocenters. The second kappa shape index (κ2) is 11.8. The number of carbonyl (C=O) groups excluding carboxylic acids is 1. The SMILES string of the molecule is CCc1cccc(Nc2c(C#N)cnc3cc(O)c(NC(=O)/C=C/CN(C)CCOC)cc23)c1. The molecule has 0 saturated carbocycles. The third kappa shape index (κ3) is 6.32. The van der Waals surface area contributed by atoms with E-state index in [4.69, 9.17) is 4.74 Å². The number of nitrogens with one attached hydrogen (secondary N) is 2. The molecule has 0 saturated heterocycles. The molecule has 34 heavy (non-hydrogen) atoms. The number of fused-ring (bicyclic) bond motifs is 1. The summed E-state index contributed by atoms with van der Waals surface area (Å²) in [6.07, 6.45) is 5.52. The molecule has 1 heterocycles. The van der Waals surface area contributed by atoms with Crippen LogP contribution >= 0.6 is 0 Å². The van der Waals surface area contributed by atoms with Crippen LogP contribution in [-0.4, -0.2) is 54.8 Å². The van der Waals surface area contributed by atoms with Gasteiger partial charge in [0, 0.05) is 49.6 Å². The Bertz CT molecular complexity index is 1230. The molecule has 0 aliphatic carbocycles. The molecular weight excluding hydrogens is 430 g/mol. The Balaban J connectivity index is 1.87. The van der Waals surface area contributed by atoms with E-state index in [9.17, 15) is 15.2 Å². The first-order valence-electron chi connectivity index (χ1n) is 11.0. The van der Waals surface area contributed by atoms with E-state index in [1.165, 1.54) is 18.3 Å². The second-order valence-corrected chi connectivity index (χ2v) is 7.87. The van der Waals surface area contributed by atoms with Gasteiger partial charge in [0.2, 0.25) is 5.91 Å². The quantitative estimate of drug-likeness (QED) is 0.308. The van der Waals surface area contributed by atoms with Gasteiger partial charge in [0.25, 0.3) is 0 Å². The van der Waals surface area contributed by atoms with Gasteiger partial charge in [-0.05, 0) is 37.2 Å². The van der Waals surface area contributed by atoms with Crippen LogP contribution in [0.5, 0.6) is 5.75 Å². The van der Waals surface area contributed by atoms with E-state index in [1.54, 1.807) is 19.3 Å². The zero-order valence-corrected chi connectivity index (χ0v) is 19.6. The van der Waals surface area contributed by atoms with Crippen molar-refractivity contribution in [1.29, 1.82) is 5.26 Å². The third-order valence-electron chi connectivity index (χ3n) is 5.33. The second-order valence-electron chi connectivity index (χ2n) is 7.87. The summed E-state index contributed by atoms with van der Waals surface area (Å²) in [6, 6.07) is 13.2. The van der Waals surface area contributed by atoms with Gasteiger partial charge in [-0.25, -0.2) is 0 Å². The van der Waals surface area contributed by atoms with E-state index in [2.05, 4.69) is 28.6 Å². The number of rotatable bonds is 10. The fourth-order valence-corrected chi connectivity index (χ4v) is 3.41. The minimum absolute atomic E-state index is 0.109. The van der Waals surface area contributed by atoms with Gasteiger partial charge < -0.3 is 25.4 Å². The zero-order valence-electron chi connectivity index (χ0n) is 19.6. The van der Waals surface area contributed by atoms with E-state index in [0.29, 0.717) is 35.3 Å². The zero-order chi connectivity index (χ0) is 24.5. The number of aromatic nitrogens is 1. The molecule has 1 aromatic heterocycles. The summed E-state index contributed by atoms with van der Waals surface area (Å²) in [6.45, 7) is 4.02. The number of hydrogen-bond donors (Lipinski definition) is 3. The van der Waals surface area contributed by atoms with Crippen molar-refractivity contribution in [3.63, 3.8) is 0 Å². The first kappa shape index (κ1) is 24.7. The van der Waals surface area contributed by atoms with Crippen molar-refractivity contribution in [3.8, 4) is 11.8 Å². The Morgan fingerprint density at radius 1 is 1.32 bits per heavy atom. The molecule has 3 rings (SSSR count). The number of aromatic hydroxyl groups is 1. The molecule has 0 radical (unpaired) electrons. The lowest BCUT2D eigenvalue weighted by molar-refractivity contribution is -0.111. The highest BCUT2D eigenvalue weighted by molar-refractivity contribution is 6.04. The maximum absolute atomic E-state index is 12.4. The smallest absolute Gasteiger partial charge is 0.248 e. The topological polar surface area (TPSA) is 111 Å². The molecular formula is C26H29N5O3. The molecule has 3 aromatic rings. The van der Waals surface area contributed by atoms with Crippen LogP contribution in [0, 0.1) is 11.3 Å². The Labute approximate surface area is 199 Å². The molecule has 176 valence electrons. The number of likely N-dealkylation sites (N-methyl/N-ethyl adjacent to an activating group) is 1. The lowest BCUT2D eigenvalue weighted by atomic mass is 10.1. The summed E-state index contributed by atoms with van der Waals surface area (Å²) in [5, 5.41) is 26.7. The average Bonchev–Trinajstić information content (AvgIpc) is 2.83. The number of amides is 1. The van der Waals surface area contributed by atoms with Crippen molar-refractivity contribution < 1.29 is 14.6 Å². The predicted molar refractivity (Wildman–Crippen MR) is 134 cm³/mol. The van der Waals surface area contributed by atoms with Gasteiger partial charge in [0.1, 0.15) is 11.8 Å². The molecule has 0 aliphatic heterocycles. The van der Waals surface area contributed by atoms with E-state index in [0.717, 1.165) is 24.2 Å². The van der Waals surface area contributed by atoms with Crippen molar-refractivity contribution in [2.45, 2.75) is 13.3 Å². The van der Waals surface area contributed by atoms with Crippen molar-refractivity contribution in [2.24, 2.45) is 0 Å². The van der Waals surface area contributed by atoms with Crippen molar-refractivity contribution >= 4 is 33.9 Å². The lowest BCUT2D eigenvalue weighted by Gasteiger charge is -2.14. The average molecular weight is 460 g/mol. The third-order valence-corrected chi connectivity index (χ3v) is 5.33. The maximum atomic E-state index is 12.4. The van der Waals surface area contributed by atoms with E-state index < -0.39 is 0 Å². The Morgan fingerprint density at radius 2 is 2.15 bits per heavy atom. The van der Waals surface area contributed by atoms with Gasteiger partial charge in [0.05, 0.1) is 29.1 Å². The monoisotopic (exact) mass is 459 g/mol. The molecule has 3 N–H and O–H groups in total. The molecule has 0 fully saturated rings. The number of nitrogens with zero attached hydrogens (tertiary/aromatic N) is 3. The van der Waals surface area contributed by atoms with Gasteiger partial charge in [-0.15, -0.1) is 0 Å². The number of ether oxygens (including phenoxy) is 1. The molecule has 8 nitrogen and oxygen atoms in total. The number of hydrogen-bond acceptors (Lipinski definition) is 7. The maximum Gasteiger partial charge on any atom is 0.248 e. The van der Waals surface area contributed by atoms with E-state index >= 15 is 0 Å². The van der Waals surface area contributed by atoms with Crippen LogP contribution in [0.15, 0.2) is 54.7 Å². The van der Waals surface area contributed by atoms with Crippen molar-refractivity contribution in [1.82, 2.24) is 9.88 Å². The van der Waals surface area contributed by atoms with Crippen LogP contribution in [0.1, 0.15) is 18.1 Å².